The highest BCUT2D eigenvalue weighted by Gasteiger charge is 2.06. The van der Waals surface area contributed by atoms with Crippen molar-refractivity contribution in [1.82, 2.24) is 9.55 Å². The van der Waals surface area contributed by atoms with Crippen molar-refractivity contribution in [3.8, 4) is 0 Å². The van der Waals surface area contributed by atoms with E-state index < -0.39 is 0 Å². The molecule has 0 amide bonds. The summed E-state index contributed by atoms with van der Waals surface area (Å²) in [5.74, 6) is -0.285. The number of benzene rings is 1. The normalized spacial score (nSPS) is 10.8. The lowest BCUT2D eigenvalue weighted by molar-refractivity contribution is 0.602. The van der Waals surface area contributed by atoms with Gasteiger partial charge in [0.05, 0.1) is 17.6 Å². The maximum Gasteiger partial charge on any atom is 0.128 e. The molecular formula is C15H12FN3. The molecule has 0 spiro atoms. The average Bonchev–Trinajstić information content (AvgIpc) is 2.84. The Morgan fingerprint density at radius 1 is 1.26 bits per heavy atom. The van der Waals surface area contributed by atoms with Crippen LogP contribution in [0, 0.1) is 11.2 Å². The molecule has 3 rings (SSSR count). The molecular weight excluding hydrogens is 241 g/mol. The van der Waals surface area contributed by atoms with E-state index in [1.54, 1.807) is 18.3 Å². The molecule has 0 fully saturated rings. The molecule has 2 heterocycles. The summed E-state index contributed by atoms with van der Waals surface area (Å²) >= 11 is 0. The van der Waals surface area contributed by atoms with Crippen molar-refractivity contribution in [2.45, 2.75) is 6.54 Å². The van der Waals surface area contributed by atoms with Gasteiger partial charge < -0.3 is 9.98 Å². The van der Waals surface area contributed by atoms with Gasteiger partial charge in [-0.1, -0.05) is 12.1 Å². The highest BCUT2D eigenvalue weighted by molar-refractivity contribution is 5.77. The quantitative estimate of drug-likeness (QED) is 0.715. The van der Waals surface area contributed by atoms with Crippen LogP contribution in [0.15, 0.2) is 48.8 Å². The van der Waals surface area contributed by atoms with Crippen LogP contribution in [0.25, 0.3) is 11.0 Å². The second-order valence-corrected chi connectivity index (χ2v) is 4.35. The van der Waals surface area contributed by atoms with Crippen molar-refractivity contribution >= 4 is 17.2 Å². The Labute approximate surface area is 109 Å². The number of halogens is 1. The van der Waals surface area contributed by atoms with E-state index in [1.165, 1.54) is 6.07 Å². The van der Waals surface area contributed by atoms with E-state index in [9.17, 15) is 4.39 Å². The van der Waals surface area contributed by atoms with Gasteiger partial charge in [-0.2, -0.15) is 0 Å². The molecule has 2 aromatic heterocycles. The lowest BCUT2D eigenvalue weighted by Gasteiger charge is -2.07. The summed E-state index contributed by atoms with van der Waals surface area (Å²) in [6.45, 7) is 0.458. The zero-order valence-electron chi connectivity index (χ0n) is 10.2. The van der Waals surface area contributed by atoms with Crippen molar-refractivity contribution < 1.29 is 4.39 Å². The molecule has 3 nitrogen and oxygen atoms in total. The summed E-state index contributed by atoms with van der Waals surface area (Å²) in [7, 11) is 0. The van der Waals surface area contributed by atoms with Crippen LogP contribution in [0.1, 0.15) is 11.1 Å². The van der Waals surface area contributed by atoms with Crippen LogP contribution < -0.4 is 0 Å². The fourth-order valence-electron chi connectivity index (χ4n) is 2.12. The van der Waals surface area contributed by atoms with Gasteiger partial charge in [-0.3, -0.25) is 4.98 Å². The van der Waals surface area contributed by atoms with E-state index in [4.69, 9.17) is 5.41 Å². The first-order chi connectivity index (χ1) is 9.28. The van der Waals surface area contributed by atoms with E-state index in [0.717, 1.165) is 17.2 Å². The first-order valence-corrected chi connectivity index (χ1v) is 5.97. The van der Waals surface area contributed by atoms with E-state index in [0.29, 0.717) is 17.7 Å². The van der Waals surface area contributed by atoms with Gasteiger partial charge in [0.15, 0.2) is 0 Å². The Kier molecular flexibility index (Phi) is 2.83. The van der Waals surface area contributed by atoms with Gasteiger partial charge >= 0.3 is 0 Å². The first-order valence-electron chi connectivity index (χ1n) is 5.97. The van der Waals surface area contributed by atoms with Crippen LogP contribution in [-0.4, -0.2) is 15.8 Å². The number of rotatable bonds is 3. The standard InChI is InChI=1S/C15H12FN3/c16-13-8-11(9-17)3-4-12(13)10-19-7-5-14-15(19)2-1-6-18-14/h1-9,17H,10H2. The molecule has 0 aliphatic rings. The summed E-state index contributed by atoms with van der Waals surface area (Å²) in [6, 6.07) is 10.6. The van der Waals surface area contributed by atoms with Crippen LogP contribution in [0.3, 0.4) is 0 Å². The third kappa shape index (κ3) is 2.12. The van der Waals surface area contributed by atoms with Gasteiger partial charge in [-0.05, 0) is 29.8 Å². The fourth-order valence-corrected chi connectivity index (χ4v) is 2.12. The zero-order chi connectivity index (χ0) is 13.2. The van der Waals surface area contributed by atoms with Gasteiger partial charge in [-0.25, -0.2) is 4.39 Å². The molecule has 94 valence electrons. The maximum absolute atomic E-state index is 13.9. The van der Waals surface area contributed by atoms with Gasteiger partial charge in [0.25, 0.3) is 0 Å². The van der Waals surface area contributed by atoms with E-state index in [-0.39, 0.29) is 5.82 Å². The summed E-state index contributed by atoms with van der Waals surface area (Å²) in [5, 5.41) is 7.11. The third-order valence-electron chi connectivity index (χ3n) is 3.12. The van der Waals surface area contributed by atoms with Crippen LogP contribution in [0.5, 0.6) is 0 Å². The van der Waals surface area contributed by atoms with Crippen LogP contribution in [0.4, 0.5) is 4.39 Å². The number of fused-ring (bicyclic) bond motifs is 1. The fraction of sp³-hybridized carbons (Fsp3) is 0.0667. The highest BCUT2D eigenvalue weighted by Crippen LogP contribution is 2.17. The van der Waals surface area contributed by atoms with Crippen LogP contribution in [0.2, 0.25) is 0 Å². The average molecular weight is 253 g/mol. The second-order valence-electron chi connectivity index (χ2n) is 4.35. The number of pyridine rings is 1. The van der Waals surface area contributed by atoms with E-state index >= 15 is 0 Å². The molecule has 0 atom stereocenters. The Morgan fingerprint density at radius 3 is 2.95 bits per heavy atom. The minimum atomic E-state index is -0.285. The number of nitrogens with zero attached hydrogens (tertiary/aromatic N) is 2. The zero-order valence-corrected chi connectivity index (χ0v) is 10.2. The Morgan fingerprint density at radius 2 is 2.16 bits per heavy atom. The van der Waals surface area contributed by atoms with Crippen LogP contribution >= 0.6 is 0 Å². The molecule has 1 aromatic carbocycles. The number of hydrogen-bond donors (Lipinski definition) is 1. The molecule has 0 aliphatic heterocycles. The number of nitrogens with one attached hydrogen (secondary N) is 1. The Balaban J connectivity index is 1.99. The number of hydrogen-bond acceptors (Lipinski definition) is 2. The molecule has 0 bridgehead atoms. The highest BCUT2D eigenvalue weighted by atomic mass is 19.1. The maximum atomic E-state index is 13.9. The molecule has 4 heteroatoms. The Hall–Kier alpha value is -2.49. The predicted octanol–water partition coefficient (Wildman–Crippen LogP) is 3.22. The summed E-state index contributed by atoms with van der Waals surface area (Å²) in [5.41, 5.74) is 3.06. The van der Waals surface area contributed by atoms with Gasteiger partial charge in [0, 0.05) is 24.2 Å². The second kappa shape index (κ2) is 4.65. The molecule has 0 aliphatic carbocycles. The van der Waals surface area contributed by atoms with E-state index in [1.807, 2.05) is 29.0 Å². The van der Waals surface area contributed by atoms with Gasteiger partial charge in [-0.15, -0.1) is 0 Å². The van der Waals surface area contributed by atoms with Crippen molar-refractivity contribution in [2.24, 2.45) is 0 Å². The Bertz CT molecular complexity index is 746. The van der Waals surface area contributed by atoms with E-state index in [2.05, 4.69) is 4.98 Å². The molecule has 0 unspecified atom stereocenters. The minimum absolute atomic E-state index is 0.285. The SMILES string of the molecule is N=Cc1ccc(Cn2ccc3ncccc32)c(F)c1. The third-order valence-corrected chi connectivity index (χ3v) is 3.12. The monoisotopic (exact) mass is 253 g/mol. The van der Waals surface area contributed by atoms with Gasteiger partial charge in [0.2, 0.25) is 0 Å². The summed E-state index contributed by atoms with van der Waals surface area (Å²) in [4.78, 5) is 4.25. The molecule has 0 radical (unpaired) electrons. The lowest BCUT2D eigenvalue weighted by atomic mass is 10.1. The van der Waals surface area contributed by atoms with Gasteiger partial charge in [0.1, 0.15) is 5.82 Å². The summed E-state index contributed by atoms with van der Waals surface area (Å²) in [6.07, 6.45) is 4.79. The molecule has 0 saturated carbocycles. The molecule has 3 aromatic rings. The lowest BCUT2D eigenvalue weighted by Crippen LogP contribution is -2.01. The van der Waals surface area contributed by atoms with Crippen molar-refractivity contribution in [3.05, 3.63) is 65.7 Å². The number of aromatic nitrogens is 2. The van der Waals surface area contributed by atoms with Crippen molar-refractivity contribution in [2.75, 3.05) is 0 Å². The largest absolute Gasteiger partial charge is 0.342 e. The minimum Gasteiger partial charge on any atom is -0.342 e. The molecule has 1 N–H and O–H groups in total. The van der Waals surface area contributed by atoms with Crippen LogP contribution in [-0.2, 0) is 6.54 Å². The van der Waals surface area contributed by atoms with Crippen molar-refractivity contribution in [1.29, 1.82) is 5.41 Å². The first kappa shape index (κ1) is 11.6. The molecule has 19 heavy (non-hydrogen) atoms. The molecule has 0 saturated heterocycles. The summed E-state index contributed by atoms with van der Waals surface area (Å²) < 4.78 is 15.9. The van der Waals surface area contributed by atoms with Crippen molar-refractivity contribution in [3.63, 3.8) is 0 Å². The topological polar surface area (TPSA) is 41.7 Å². The predicted molar refractivity (Wildman–Crippen MR) is 73.1 cm³/mol. The smallest absolute Gasteiger partial charge is 0.128 e.